The van der Waals surface area contributed by atoms with E-state index >= 15 is 0 Å². The number of amides is 1. The van der Waals surface area contributed by atoms with E-state index < -0.39 is 0 Å². The highest BCUT2D eigenvalue weighted by Gasteiger charge is 2.03. The SMILES string of the molecule is CCCc1ccc(OCCNC(=O)c2ccccc2)cc1. The van der Waals surface area contributed by atoms with E-state index in [-0.39, 0.29) is 5.91 Å². The zero-order valence-electron chi connectivity index (χ0n) is 12.3. The summed E-state index contributed by atoms with van der Waals surface area (Å²) in [6.07, 6.45) is 2.24. The highest BCUT2D eigenvalue weighted by atomic mass is 16.5. The summed E-state index contributed by atoms with van der Waals surface area (Å²) in [4.78, 5) is 11.8. The standard InChI is InChI=1S/C18H21NO2/c1-2-6-15-9-11-17(12-10-15)21-14-13-19-18(20)16-7-4-3-5-8-16/h3-5,7-12H,2,6,13-14H2,1H3,(H,19,20). The molecular formula is C18H21NO2. The van der Waals surface area contributed by atoms with E-state index in [9.17, 15) is 4.79 Å². The lowest BCUT2D eigenvalue weighted by Crippen LogP contribution is -2.27. The zero-order valence-corrected chi connectivity index (χ0v) is 12.3. The Morgan fingerprint density at radius 1 is 1.05 bits per heavy atom. The molecule has 0 atom stereocenters. The van der Waals surface area contributed by atoms with Crippen LogP contribution in [0.2, 0.25) is 0 Å². The van der Waals surface area contributed by atoms with Gasteiger partial charge in [-0.25, -0.2) is 0 Å². The fourth-order valence-corrected chi connectivity index (χ4v) is 2.07. The Hall–Kier alpha value is -2.29. The van der Waals surface area contributed by atoms with Crippen LogP contribution in [0.5, 0.6) is 5.75 Å². The van der Waals surface area contributed by atoms with Crippen LogP contribution in [0, 0.1) is 0 Å². The molecule has 0 saturated carbocycles. The zero-order chi connectivity index (χ0) is 14.9. The molecule has 2 aromatic carbocycles. The summed E-state index contributed by atoms with van der Waals surface area (Å²) >= 11 is 0. The summed E-state index contributed by atoms with van der Waals surface area (Å²) in [5, 5.41) is 2.84. The third-order valence-electron chi connectivity index (χ3n) is 3.15. The van der Waals surface area contributed by atoms with Crippen molar-refractivity contribution in [1.82, 2.24) is 5.32 Å². The molecular weight excluding hydrogens is 262 g/mol. The van der Waals surface area contributed by atoms with Gasteiger partial charge in [0, 0.05) is 5.56 Å². The van der Waals surface area contributed by atoms with E-state index in [1.165, 1.54) is 5.56 Å². The first kappa shape index (κ1) is 15.1. The molecule has 2 aromatic rings. The number of benzene rings is 2. The van der Waals surface area contributed by atoms with Crippen molar-refractivity contribution in [2.45, 2.75) is 19.8 Å². The molecule has 110 valence electrons. The summed E-state index contributed by atoms with van der Waals surface area (Å²) < 4.78 is 5.61. The molecule has 0 saturated heterocycles. The van der Waals surface area contributed by atoms with Gasteiger partial charge in [0.05, 0.1) is 6.54 Å². The summed E-state index contributed by atoms with van der Waals surface area (Å²) in [6.45, 7) is 3.12. The van der Waals surface area contributed by atoms with Crippen molar-refractivity contribution in [2.75, 3.05) is 13.2 Å². The molecule has 0 spiro atoms. The highest BCUT2D eigenvalue weighted by molar-refractivity contribution is 5.94. The molecule has 1 N–H and O–H groups in total. The van der Waals surface area contributed by atoms with Gasteiger partial charge in [0.15, 0.2) is 0 Å². The minimum absolute atomic E-state index is 0.0718. The number of nitrogens with one attached hydrogen (secondary N) is 1. The first-order chi connectivity index (χ1) is 10.3. The molecule has 0 unspecified atom stereocenters. The van der Waals surface area contributed by atoms with Gasteiger partial charge in [-0.2, -0.15) is 0 Å². The van der Waals surface area contributed by atoms with Crippen molar-refractivity contribution in [3.05, 3.63) is 65.7 Å². The third-order valence-corrected chi connectivity index (χ3v) is 3.15. The van der Waals surface area contributed by atoms with Gasteiger partial charge in [-0.15, -0.1) is 0 Å². The molecule has 0 aliphatic carbocycles. The van der Waals surface area contributed by atoms with Crippen LogP contribution in [0.25, 0.3) is 0 Å². The van der Waals surface area contributed by atoms with Gasteiger partial charge in [0.1, 0.15) is 12.4 Å². The second kappa shape index (κ2) is 8.10. The Morgan fingerprint density at radius 3 is 2.43 bits per heavy atom. The first-order valence-corrected chi connectivity index (χ1v) is 7.34. The second-order valence-corrected chi connectivity index (χ2v) is 4.86. The maximum absolute atomic E-state index is 11.8. The molecule has 0 bridgehead atoms. The Bertz CT molecular complexity index is 549. The molecule has 1 amide bonds. The van der Waals surface area contributed by atoms with Gasteiger partial charge in [0.2, 0.25) is 0 Å². The average Bonchev–Trinajstić information content (AvgIpc) is 2.54. The lowest BCUT2D eigenvalue weighted by Gasteiger charge is -2.08. The van der Waals surface area contributed by atoms with Gasteiger partial charge in [-0.05, 0) is 36.2 Å². The first-order valence-electron chi connectivity index (χ1n) is 7.34. The topological polar surface area (TPSA) is 38.3 Å². The van der Waals surface area contributed by atoms with E-state index in [4.69, 9.17) is 4.74 Å². The largest absolute Gasteiger partial charge is 0.492 e. The van der Waals surface area contributed by atoms with E-state index in [0.717, 1.165) is 18.6 Å². The molecule has 0 heterocycles. The predicted octanol–water partition coefficient (Wildman–Crippen LogP) is 3.45. The van der Waals surface area contributed by atoms with Crippen LogP contribution in [0.15, 0.2) is 54.6 Å². The van der Waals surface area contributed by atoms with E-state index in [1.807, 2.05) is 30.3 Å². The number of hydrogen-bond acceptors (Lipinski definition) is 2. The molecule has 3 nitrogen and oxygen atoms in total. The quantitative estimate of drug-likeness (QED) is 0.790. The molecule has 2 rings (SSSR count). The fraction of sp³-hybridized carbons (Fsp3) is 0.278. The summed E-state index contributed by atoms with van der Waals surface area (Å²) in [6, 6.07) is 17.3. The number of hydrogen-bond donors (Lipinski definition) is 1. The van der Waals surface area contributed by atoms with E-state index in [1.54, 1.807) is 12.1 Å². The number of aryl methyl sites for hydroxylation is 1. The lowest BCUT2D eigenvalue weighted by atomic mass is 10.1. The van der Waals surface area contributed by atoms with E-state index in [2.05, 4.69) is 24.4 Å². The van der Waals surface area contributed by atoms with Crippen LogP contribution < -0.4 is 10.1 Å². The van der Waals surface area contributed by atoms with Crippen molar-refractivity contribution in [1.29, 1.82) is 0 Å². The van der Waals surface area contributed by atoms with Gasteiger partial charge in [-0.3, -0.25) is 4.79 Å². The van der Waals surface area contributed by atoms with Gasteiger partial charge < -0.3 is 10.1 Å². The monoisotopic (exact) mass is 283 g/mol. The Labute approximate surface area is 126 Å². The highest BCUT2D eigenvalue weighted by Crippen LogP contribution is 2.13. The predicted molar refractivity (Wildman–Crippen MR) is 84.7 cm³/mol. The number of carbonyl (C=O) groups excluding carboxylic acids is 1. The van der Waals surface area contributed by atoms with Crippen LogP contribution in [-0.4, -0.2) is 19.1 Å². The Balaban J connectivity index is 1.71. The number of ether oxygens (including phenoxy) is 1. The summed E-state index contributed by atoms with van der Waals surface area (Å²) in [5.41, 5.74) is 1.99. The normalized spacial score (nSPS) is 10.1. The maximum atomic E-state index is 11.8. The van der Waals surface area contributed by atoms with Crippen molar-refractivity contribution in [3.63, 3.8) is 0 Å². The Morgan fingerprint density at radius 2 is 1.76 bits per heavy atom. The molecule has 3 heteroatoms. The molecule has 0 fully saturated rings. The summed E-state index contributed by atoms with van der Waals surface area (Å²) in [5.74, 6) is 0.765. The van der Waals surface area contributed by atoms with Crippen molar-refractivity contribution in [2.24, 2.45) is 0 Å². The van der Waals surface area contributed by atoms with E-state index in [0.29, 0.717) is 18.7 Å². The lowest BCUT2D eigenvalue weighted by molar-refractivity contribution is 0.0947. The third kappa shape index (κ3) is 4.95. The number of rotatable bonds is 7. The van der Waals surface area contributed by atoms with Gasteiger partial charge in [-0.1, -0.05) is 43.7 Å². The fourth-order valence-electron chi connectivity index (χ4n) is 2.07. The van der Waals surface area contributed by atoms with Crippen LogP contribution in [0.4, 0.5) is 0 Å². The molecule has 0 aromatic heterocycles. The van der Waals surface area contributed by atoms with Gasteiger partial charge >= 0.3 is 0 Å². The molecule has 0 aliphatic heterocycles. The molecule has 0 radical (unpaired) electrons. The second-order valence-electron chi connectivity index (χ2n) is 4.86. The number of carbonyl (C=O) groups is 1. The summed E-state index contributed by atoms with van der Waals surface area (Å²) in [7, 11) is 0. The van der Waals surface area contributed by atoms with Crippen molar-refractivity contribution in [3.8, 4) is 5.75 Å². The van der Waals surface area contributed by atoms with Crippen LogP contribution in [0.1, 0.15) is 29.3 Å². The maximum Gasteiger partial charge on any atom is 0.251 e. The molecule has 21 heavy (non-hydrogen) atoms. The minimum Gasteiger partial charge on any atom is -0.492 e. The van der Waals surface area contributed by atoms with Gasteiger partial charge in [0.25, 0.3) is 5.91 Å². The minimum atomic E-state index is -0.0718. The molecule has 0 aliphatic rings. The van der Waals surface area contributed by atoms with Crippen LogP contribution in [0.3, 0.4) is 0 Å². The van der Waals surface area contributed by atoms with Crippen molar-refractivity contribution < 1.29 is 9.53 Å². The Kier molecular flexibility index (Phi) is 5.83. The van der Waals surface area contributed by atoms with Crippen molar-refractivity contribution >= 4 is 5.91 Å². The average molecular weight is 283 g/mol. The van der Waals surface area contributed by atoms with Crippen LogP contribution in [-0.2, 0) is 6.42 Å². The van der Waals surface area contributed by atoms with Crippen LogP contribution >= 0.6 is 0 Å². The smallest absolute Gasteiger partial charge is 0.251 e.